The van der Waals surface area contributed by atoms with Gasteiger partial charge in [0.2, 0.25) is 5.91 Å². The number of hydrogen-bond donors (Lipinski definition) is 2. The predicted octanol–water partition coefficient (Wildman–Crippen LogP) is 3.02. The smallest absolute Gasteiger partial charge is 0.220 e. The number of likely N-dealkylation sites (tertiary alicyclic amines) is 1. The Kier molecular flexibility index (Phi) is 6.50. The van der Waals surface area contributed by atoms with Crippen LogP contribution in [0, 0.1) is 0 Å². The van der Waals surface area contributed by atoms with Crippen LogP contribution in [0.4, 0.5) is 5.69 Å². The van der Waals surface area contributed by atoms with Crippen molar-refractivity contribution < 1.29 is 9.53 Å². The van der Waals surface area contributed by atoms with Gasteiger partial charge in [-0.3, -0.25) is 9.69 Å². The van der Waals surface area contributed by atoms with Crippen LogP contribution in [0.25, 0.3) is 0 Å². The average Bonchev–Trinajstić information content (AvgIpc) is 2.65. The minimum Gasteiger partial charge on any atom is -0.491 e. The fourth-order valence-electron chi connectivity index (χ4n) is 3.27. The highest BCUT2D eigenvalue weighted by Crippen LogP contribution is 2.27. The molecule has 1 fully saturated rings. The third kappa shape index (κ3) is 5.49. The van der Waals surface area contributed by atoms with Gasteiger partial charge in [-0.1, -0.05) is 42.5 Å². The van der Waals surface area contributed by atoms with Crippen LogP contribution < -0.4 is 15.8 Å². The van der Waals surface area contributed by atoms with Crippen molar-refractivity contribution in [2.24, 2.45) is 5.73 Å². The zero-order valence-corrected chi connectivity index (χ0v) is 15.1. The van der Waals surface area contributed by atoms with Gasteiger partial charge in [0, 0.05) is 25.7 Å². The molecule has 2 aromatic rings. The highest BCUT2D eigenvalue weighted by atomic mass is 16.5. The van der Waals surface area contributed by atoms with Crippen molar-refractivity contribution in [1.29, 1.82) is 0 Å². The van der Waals surface area contributed by atoms with Crippen LogP contribution >= 0.6 is 0 Å². The van der Waals surface area contributed by atoms with Gasteiger partial charge in [-0.25, -0.2) is 0 Å². The monoisotopic (exact) mass is 353 g/mol. The van der Waals surface area contributed by atoms with Gasteiger partial charge in [0.1, 0.15) is 5.75 Å². The molecule has 1 aliphatic heterocycles. The number of nitrogens with one attached hydrogen (secondary N) is 1. The van der Waals surface area contributed by atoms with E-state index in [9.17, 15) is 4.79 Å². The van der Waals surface area contributed by atoms with Gasteiger partial charge >= 0.3 is 0 Å². The fourth-order valence-corrected chi connectivity index (χ4v) is 3.27. The summed E-state index contributed by atoms with van der Waals surface area (Å²) in [6.45, 7) is 3.48. The normalized spacial score (nSPS) is 15.5. The highest BCUT2D eigenvalue weighted by molar-refractivity contribution is 5.73. The average molecular weight is 353 g/mol. The summed E-state index contributed by atoms with van der Waals surface area (Å²) in [5.74, 6) is 0.432. The quantitative estimate of drug-likeness (QED) is 0.765. The van der Waals surface area contributed by atoms with Crippen LogP contribution in [0.15, 0.2) is 54.6 Å². The fraction of sp³-hybridized carbons (Fsp3) is 0.381. The van der Waals surface area contributed by atoms with E-state index in [-0.39, 0.29) is 12.3 Å². The lowest BCUT2D eigenvalue weighted by atomic mass is 10.0. The molecule has 1 saturated heterocycles. The van der Waals surface area contributed by atoms with Gasteiger partial charge in [-0.2, -0.15) is 0 Å². The molecule has 5 nitrogen and oxygen atoms in total. The van der Waals surface area contributed by atoms with Crippen LogP contribution in [0.5, 0.6) is 5.75 Å². The first-order valence-electron chi connectivity index (χ1n) is 9.23. The van der Waals surface area contributed by atoms with Crippen LogP contribution in [0.2, 0.25) is 0 Å². The summed E-state index contributed by atoms with van der Waals surface area (Å²) >= 11 is 0. The maximum absolute atomic E-state index is 10.9. The van der Waals surface area contributed by atoms with E-state index in [2.05, 4.69) is 40.5 Å². The lowest BCUT2D eigenvalue weighted by molar-refractivity contribution is -0.118. The summed E-state index contributed by atoms with van der Waals surface area (Å²) < 4.78 is 5.72. The van der Waals surface area contributed by atoms with Crippen molar-refractivity contribution >= 4 is 11.6 Å². The topological polar surface area (TPSA) is 67.6 Å². The summed E-state index contributed by atoms with van der Waals surface area (Å²) in [7, 11) is 0. The largest absolute Gasteiger partial charge is 0.491 e. The summed E-state index contributed by atoms with van der Waals surface area (Å²) in [5, 5.41) is 3.60. The molecule has 26 heavy (non-hydrogen) atoms. The lowest BCUT2D eigenvalue weighted by Gasteiger charge is -2.33. The number of carbonyl (C=O) groups is 1. The molecule has 5 heteroatoms. The third-order valence-electron chi connectivity index (χ3n) is 4.69. The molecule has 1 heterocycles. The van der Waals surface area contributed by atoms with Gasteiger partial charge in [0.05, 0.1) is 18.7 Å². The Morgan fingerprint density at radius 3 is 2.50 bits per heavy atom. The molecule has 1 aliphatic rings. The minimum atomic E-state index is -0.346. The minimum absolute atomic E-state index is 0.228. The van der Waals surface area contributed by atoms with E-state index < -0.39 is 0 Å². The molecule has 0 bridgehead atoms. The number of primary amides is 1. The Bertz CT molecular complexity index is 697. The molecule has 1 amide bonds. The Morgan fingerprint density at radius 2 is 1.77 bits per heavy atom. The lowest BCUT2D eigenvalue weighted by Crippen LogP contribution is -2.38. The summed E-state index contributed by atoms with van der Waals surface area (Å²) in [6.07, 6.45) is 2.43. The van der Waals surface area contributed by atoms with Crippen molar-refractivity contribution in [1.82, 2.24) is 4.90 Å². The Balaban J connectivity index is 1.49. The van der Waals surface area contributed by atoms with E-state index in [1.807, 2.05) is 24.3 Å². The number of para-hydroxylation sites is 2. The Hall–Kier alpha value is -2.53. The second-order valence-corrected chi connectivity index (χ2v) is 6.74. The standard InChI is InChI=1S/C21H27N3O2/c22-21(25)12-15-26-20-9-5-4-8-19(20)23-18-10-13-24(14-11-18)16-17-6-2-1-3-7-17/h1-9,18,23H,10-16H2,(H2,22,25). The number of benzene rings is 2. The number of ether oxygens (including phenoxy) is 1. The Morgan fingerprint density at radius 1 is 1.08 bits per heavy atom. The second kappa shape index (κ2) is 9.25. The number of piperidine rings is 1. The number of rotatable bonds is 8. The van der Waals surface area contributed by atoms with Crippen molar-refractivity contribution in [3.05, 3.63) is 60.2 Å². The number of hydrogen-bond acceptors (Lipinski definition) is 4. The zero-order valence-electron chi connectivity index (χ0n) is 15.1. The molecular weight excluding hydrogens is 326 g/mol. The third-order valence-corrected chi connectivity index (χ3v) is 4.69. The molecule has 3 N–H and O–H groups in total. The van der Waals surface area contributed by atoms with E-state index >= 15 is 0 Å². The molecular formula is C21H27N3O2. The molecule has 138 valence electrons. The van der Waals surface area contributed by atoms with Crippen LogP contribution in [0.1, 0.15) is 24.8 Å². The molecule has 0 atom stereocenters. The van der Waals surface area contributed by atoms with Crippen molar-refractivity contribution in [3.8, 4) is 5.75 Å². The van der Waals surface area contributed by atoms with E-state index in [1.165, 1.54) is 5.56 Å². The molecule has 0 spiro atoms. The van der Waals surface area contributed by atoms with Crippen molar-refractivity contribution in [2.75, 3.05) is 25.0 Å². The molecule has 0 radical (unpaired) electrons. The van der Waals surface area contributed by atoms with Gasteiger partial charge in [0.15, 0.2) is 0 Å². The van der Waals surface area contributed by atoms with Crippen LogP contribution in [0.3, 0.4) is 0 Å². The number of nitrogens with two attached hydrogens (primary N) is 1. The van der Waals surface area contributed by atoms with Gasteiger partial charge < -0.3 is 15.8 Å². The van der Waals surface area contributed by atoms with Crippen LogP contribution in [-0.4, -0.2) is 36.5 Å². The number of amides is 1. The summed E-state index contributed by atoms with van der Waals surface area (Å²) in [4.78, 5) is 13.4. The summed E-state index contributed by atoms with van der Waals surface area (Å²) in [5.41, 5.74) is 7.53. The first-order chi connectivity index (χ1) is 12.7. The number of carbonyl (C=O) groups excluding carboxylic acids is 1. The number of nitrogens with zero attached hydrogens (tertiary/aromatic N) is 1. The van der Waals surface area contributed by atoms with E-state index in [1.54, 1.807) is 0 Å². The first-order valence-corrected chi connectivity index (χ1v) is 9.23. The zero-order chi connectivity index (χ0) is 18.2. The molecule has 2 aromatic carbocycles. The van der Waals surface area contributed by atoms with Crippen LogP contribution in [-0.2, 0) is 11.3 Å². The SMILES string of the molecule is NC(=O)CCOc1ccccc1NC1CCN(Cc2ccccc2)CC1. The first kappa shape index (κ1) is 18.3. The molecule has 0 aromatic heterocycles. The van der Waals surface area contributed by atoms with Gasteiger partial charge in [-0.15, -0.1) is 0 Å². The molecule has 0 saturated carbocycles. The van der Waals surface area contributed by atoms with E-state index in [0.29, 0.717) is 12.6 Å². The molecule has 0 aliphatic carbocycles. The van der Waals surface area contributed by atoms with Crippen molar-refractivity contribution in [3.63, 3.8) is 0 Å². The van der Waals surface area contributed by atoms with Gasteiger partial charge in [0.25, 0.3) is 0 Å². The van der Waals surface area contributed by atoms with Crippen molar-refractivity contribution in [2.45, 2.75) is 31.8 Å². The molecule has 3 rings (SSSR count). The second-order valence-electron chi connectivity index (χ2n) is 6.74. The maximum atomic E-state index is 10.9. The molecule has 0 unspecified atom stereocenters. The Labute approximate surface area is 155 Å². The number of anilines is 1. The highest BCUT2D eigenvalue weighted by Gasteiger charge is 2.20. The van der Waals surface area contributed by atoms with E-state index in [0.717, 1.165) is 43.9 Å². The summed E-state index contributed by atoms with van der Waals surface area (Å²) in [6, 6.07) is 18.9. The predicted molar refractivity (Wildman–Crippen MR) is 104 cm³/mol. The van der Waals surface area contributed by atoms with E-state index in [4.69, 9.17) is 10.5 Å². The maximum Gasteiger partial charge on any atom is 0.220 e. The van der Waals surface area contributed by atoms with Gasteiger partial charge in [-0.05, 0) is 30.5 Å².